The van der Waals surface area contributed by atoms with Crippen LogP contribution in [0.2, 0.25) is 0 Å². The van der Waals surface area contributed by atoms with Gasteiger partial charge in [0, 0.05) is 38.3 Å². The minimum Gasteiger partial charge on any atom is -0.494 e. The first-order chi connectivity index (χ1) is 15.3. The van der Waals surface area contributed by atoms with Crippen molar-refractivity contribution < 1.29 is 17.9 Å². The summed E-state index contributed by atoms with van der Waals surface area (Å²) in [6.07, 6.45) is 1.33. The lowest BCUT2D eigenvalue weighted by atomic mass is 10.1. The summed E-state index contributed by atoms with van der Waals surface area (Å²) in [5.41, 5.74) is 3.25. The van der Waals surface area contributed by atoms with Gasteiger partial charge in [0.1, 0.15) is 5.75 Å². The molecule has 1 aliphatic heterocycles. The van der Waals surface area contributed by atoms with Gasteiger partial charge in [0.15, 0.2) is 9.84 Å². The SMILES string of the molecule is CCOc1ccc(C2CC2C(=O)N(Cc2ccc(N(C)C)cc2)C2CCS(=O)(=O)C2)cc1. The van der Waals surface area contributed by atoms with Crippen molar-refractivity contribution in [3.63, 3.8) is 0 Å². The number of carbonyl (C=O) groups excluding carboxylic acids is 1. The Kier molecular flexibility index (Phi) is 6.47. The van der Waals surface area contributed by atoms with Gasteiger partial charge in [-0.2, -0.15) is 0 Å². The second-order valence-electron chi connectivity index (χ2n) is 9.03. The van der Waals surface area contributed by atoms with Crippen LogP contribution < -0.4 is 9.64 Å². The Labute approximate surface area is 191 Å². The summed E-state index contributed by atoms with van der Waals surface area (Å²) in [5.74, 6) is 1.23. The summed E-state index contributed by atoms with van der Waals surface area (Å²) >= 11 is 0. The maximum absolute atomic E-state index is 13.5. The molecule has 0 N–H and O–H groups in total. The lowest BCUT2D eigenvalue weighted by Gasteiger charge is -2.29. The fourth-order valence-corrected chi connectivity index (χ4v) is 6.26. The Hall–Kier alpha value is -2.54. The first kappa shape index (κ1) is 22.6. The number of hydrogen-bond donors (Lipinski definition) is 0. The molecule has 0 radical (unpaired) electrons. The van der Waals surface area contributed by atoms with Gasteiger partial charge in [-0.15, -0.1) is 0 Å². The third-order valence-corrected chi connectivity index (χ3v) is 8.22. The van der Waals surface area contributed by atoms with Gasteiger partial charge >= 0.3 is 0 Å². The van der Waals surface area contributed by atoms with Gasteiger partial charge in [-0.05, 0) is 61.1 Å². The van der Waals surface area contributed by atoms with Crippen LogP contribution in [0.1, 0.15) is 36.8 Å². The molecular weight excluding hydrogens is 424 g/mol. The quantitative estimate of drug-likeness (QED) is 0.609. The van der Waals surface area contributed by atoms with Crippen LogP contribution in [0.4, 0.5) is 5.69 Å². The van der Waals surface area contributed by atoms with E-state index in [4.69, 9.17) is 4.74 Å². The van der Waals surface area contributed by atoms with Crippen molar-refractivity contribution in [3.8, 4) is 5.75 Å². The molecule has 0 aromatic heterocycles. The Bertz CT molecular complexity index is 1050. The molecule has 6 nitrogen and oxygen atoms in total. The molecule has 1 aliphatic carbocycles. The molecule has 172 valence electrons. The topological polar surface area (TPSA) is 66.9 Å². The van der Waals surface area contributed by atoms with E-state index in [-0.39, 0.29) is 35.3 Å². The van der Waals surface area contributed by atoms with E-state index >= 15 is 0 Å². The summed E-state index contributed by atoms with van der Waals surface area (Å²) in [6.45, 7) is 3.02. The summed E-state index contributed by atoms with van der Waals surface area (Å²) in [5, 5.41) is 0. The predicted molar refractivity (Wildman–Crippen MR) is 127 cm³/mol. The highest BCUT2D eigenvalue weighted by Crippen LogP contribution is 2.49. The van der Waals surface area contributed by atoms with Gasteiger partial charge in [-0.1, -0.05) is 24.3 Å². The van der Waals surface area contributed by atoms with E-state index < -0.39 is 9.84 Å². The molecule has 1 saturated carbocycles. The van der Waals surface area contributed by atoms with Crippen LogP contribution in [0.15, 0.2) is 48.5 Å². The maximum Gasteiger partial charge on any atom is 0.226 e. The number of carbonyl (C=O) groups is 1. The highest BCUT2D eigenvalue weighted by molar-refractivity contribution is 7.91. The number of anilines is 1. The van der Waals surface area contributed by atoms with E-state index in [2.05, 4.69) is 0 Å². The number of ether oxygens (including phenoxy) is 1. The smallest absolute Gasteiger partial charge is 0.226 e. The average molecular weight is 457 g/mol. The van der Waals surface area contributed by atoms with E-state index in [1.165, 1.54) is 0 Å². The minimum absolute atomic E-state index is 0.0644. The van der Waals surface area contributed by atoms with Crippen LogP contribution in [0.25, 0.3) is 0 Å². The first-order valence-electron chi connectivity index (χ1n) is 11.3. The van der Waals surface area contributed by atoms with Crippen LogP contribution in [0.3, 0.4) is 0 Å². The van der Waals surface area contributed by atoms with Gasteiger partial charge in [-0.25, -0.2) is 8.42 Å². The van der Waals surface area contributed by atoms with Gasteiger partial charge in [-0.3, -0.25) is 4.79 Å². The van der Waals surface area contributed by atoms with Gasteiger partial charge in [0.25, 0.3) is 0 Å². The second kappa shape index (κ2) is 9.14. The fraction of sp³-hybridized carbons (Fsp3) is 0.480. The molecule has 0 spiro atoms. The largest absolute Gasteiger partial charge is 0.494 e. The van der Waals surface area contributed by atoms with Crippen molar-refractivity contribution in [1.29, 1.82) is 0 Å². The molecule has 0 bridgehead atoms. The molecule has 32 heavy (non-hydrogen) atoms. The Morgan fingerprint density at radius 2 is 1.75 bits per heavy atom. The molecule has 3 unspecified atom stereocenters. The van der Waals surface area contributed by atoms with E-state index in [0.29, 0.717) is 19.6 Å². The highest BCUT2D eigenvalue weighted by Gasteiger charge is 2.48. The molecule has 1 heterocycles. The van der Waals surface area contributed by atoms with Crippen molar-refractivity contribution in [1.82, 2.24) is 4.90 Å². The molecular formula is C25H32N2O4S. The third-order valence-electron chi connectivity index (χ3n) is 6.46. The fourth-order valence-electron chi connectivity index (χ4n) is 4.53. The molecule has 4 rings (SSSR count). The highest BCUT2D eigenvalue weighted by atomic mass is 32.2. The Balaban J connectivity index is 1.50. The maximum atomic E-state index is 13.5. The number of hydrogen-bond acceptors (Lipinski definition) is 5. The molecule has 1 saturated heterocycles. The monoisotopic (exact) mass is 456 g/mol. The van der Waals surface area contributed by atoms with Crippen LogP contribution in [-0.2, 0) is 21.2 Å². The number of sulfone groups is 1. The van der Waals surface area contributed by atoms with Crippen LogP contribution in [-0.4, -0.2) is 57.5 Å². The first-order valence-corrected chi connectivity index (χ1v) is 13.1. The second-order valence-corrected chi connectivity index (χ2v) is 11.3. The van der Waals surface area contributed by atoms with Crippen LogP contribution in [0.5, 0.6) is 5.75 Å². The van der Waals surface area contributed by atoms with Gasteiger partial charge in [0.05, 0.1) is 18.1 Å². The third kappa shape index (κ3) is 5.09. The predicted octanol–water partition coefficient (Wildman–Crippen LogP) is 3.47. The molecule has 2 fully saturated rings. The van der Waals surface area contributed by atoms with Crippen LogP contribution >= 0.6 is 0 Å². The lowest BCUT2D eigenvalue weighted by Crippen LogP contribution is -2.41. The van der Waals surface area contributed by atoms with E-state index in [9.17, 15) is 13.2 Å². The summed E-state index contributed by atoms with van der Waals surface area (Å²) in [6, 6.07) is 15.8. The van der Waals surface area contributed by atoms with Gasteiger partial charge < -0.3 is 14.5 Å². The number of rotatable bonds is 8. The van der Waals surface area contributed by atoms with Gasteiger partial charge in [0.2, 0.25) is 5.91 Å². The summed E-state index contributed by atoms with van der Waals surface area (Å²) in [4.78, 5) is 17.4. The normalized spacial score (nSPS) is 23.5. The Morgan fingerprint density at radius 3 is 2.31 bits per heavy atom. The summed E-state index contributed by atoms with van der Waals surface area (Å²) in [7, 11) is 0.897. The standard InChI is InChI=1S/C25H32N2O4S/c1-4-31-22-11-7-19(8-12-22)23-15-24(23)25(28)27(21-13-14-32(29,30)17-21)16-18-5-9-20(10-6-18)26(2)3/h5-12,21,23-24H,4,13-17H2,1-3H3. The van der Waals surface area contributed by atoms with Crippen molar-refractivity contribution in [3.05, 3.63) is 59.7 Å². The average Bonchev–Trinajstić information content (AvgIpc) is 3.49. The zero-order chi connectivity index (χ0) is 22.9. The van der Waals surface area contributed by atoms with Crippen molar-refractivity contribution >= 4 is 21.4 Å². The number of nitrogens with zero attached hydrogens (tertiary/aromatic N) is 2. The molecule has 3 atom stereocenters. The minimum atomic E-state index is -3.08. The lowest BCUT2D eigenvalue weighted by molar-refractivity contribution is -0.135. The molecule has 2 aliphatic rings. The van der Waals surface area contributed by atoms with Crippen molar-refractivity contribution in [2.24, 2.45) is 5.92 Å². The molecule has 2 aromatic rings. The van der Waals surface area contributed by atoms with Crippen LogP contribution in [0, 0.1) is 5.92 Å². The molecule has 2 aromatic carbocycles. The molecule has 7 heteroatoms. The number of amides is 1. The van der Waals surface area contributed by atoms with E-state index in [1.54, 1.807) is 0 Å². The van der Waals surface area contributed by atoms with E-state index in [0.717, 1.165) is 29.0 Å². The summed E-state index contributed by atoms with van der Waals surface area (Å²) < 4.78 is 29.8. The zero-order valence-electron chi connectivity index (χ0n) is 19.0. The Morgan fingerprint density at radius 1 is 1.06 bits per heavy atom. The van der Waals surface area contributed by atoms with Crippen molar-refractivity contribution in [2.45, 2.75) is 38.3 Å². The number of benzene rings is 2. The van der Waals surface area contributed by atoms with Crippen molar-refractivity contribution in [2.75, 3.05) is 37.1 Å². The molecule has 1 amide bonds. The zero-order valence-corrected chi connectivity index (χ0v) is 19.8. The van der Waals surface area contributed by atoms with E-state index in [1.807, 2.05) is 79.3 Å².